The summed E-state index contributed by atoms with van der Waals surface area (Å²) in [7, 11) is 0. The zero-order valence-corrected chi connectivity index (χ0v) is 12.5. The zero-order chi connectivity index (χ0) is 16.4. The third-order valence-electron chi connectivity index (χ3n) is 4.32. The van der Waals surface area contributed by atoms with E-state index in [1.54, 1.807) is 12.1 Å². The Morgan fingerprint density at radius 3 is 2.61 bits per heavy atom. The molecule has 1 aromatic heterocycles. The Kier molecular flexibility index (Phi) is 4.23. The predicted octanol–water partition coefficient (Wildman–Crippen LogP) is 2.75. The van der Waals surface area contributed by atoms with Crippen molar-refractivity contribution in [3.05, 3.63) is 41.8 Å². The van der Waals surface area contributed by atoms with E-state index in [0.29, 0.717) is 42.1 Å². The van der Waals surface area contributed by atoms with E-state index in [2.05, 4.69) is 10.3 Å². The molecule has 0 saturated heterocycles. The van der Waals surface area contributed by atoms with Gasteiger partial charge in [0.2, 0.25) is 0 Å². The minimum absolute atomic E-state index is 0.0266. The molecule has 0 aliphatic heterocycles. The third kappa shape index (κ3) is 3.47. The molecule has 1 aromatic carbocycles. The lowest BCUT2D eigenvalue weighted by Gasteiger charge is -2.26. The molecule has 2 aromatic rings. The van der Waals surface area contributed by atoms with Gasteiger partial charge in [0.15, 0.2) is 0 Å². The van der Waals surface area contributed by atoms with Crippen LogP contribution in [0.25, 0.3) is 10.9 Å². The van der Waals surface area contributed by atoms with E-state index in [9.17, 15) is 14.0 Å². The number of nitrogens with zero attached hydrogens (tertiary/aromatic N) is 1. The van der Waals surface area contributed by atoms with Crippen molar-refractivity contribution in [1.82, 2.24) is 10.3 Å². The van der Waals surface area contributed by atoms with Crippen LogP contribution in [0.1, 0.15) is 36.0 Å². The Morgan fingerprint density at radius 1 is 1.17 bits per heavy atom. The molecule has 1 amide bonds. The van der Waals surface area contributed by atoms with Crippen molar-refractivity contribution >= 4 is 22.8 Å². The van der Waals surface area contributed by atoms with Crippen LogP contribution in [-0.4, -0.2) is 28.0 Å². The lowest BCUT2D eigenvalue weighted by Crippen LogP contribution is -2.38. The maximum absolute atomic E-state index is 13.3. The fraction of sp³-hybridized carbons (Fsp3) is 0.353. The number of aromatic nitrogens is 1. The molecule has 1 fully saturated rings. The van der Waals surface area contributed by atoms with Crippen molar-refractivity contribution in [3.63, 3.8) is 0 Å². The summed E-state index contributed by atoms with van der Waals surface area (Å²) in [5.41, 5.74) is 1.01. The van der Waals surface area contributed by atoms with Gasteiger partial charge in [-0.15, -0.1) is 0 Å². The summed E-state index contributed by atoms with van der Waals surface area (Å²) in [6.45, 7) is 0. The van der Waals surface area contributed by atoms with Gasteiger partial charge in [0.05, 0.1) is 17.0 Å². The second kappa shape index (κ2) is 6.32. The van der Waals surface area contributed by atoms with Gasteiger partial charge in [0, 0.05) is 17.6 Å². The van der Waals surface area contributed by atoms with Crippen LogP contribution in [0.15, 0.2) is 30.5 Å². The Hall–Kier alpha value is -2.50. The number of amides is 1. The summed E-state index contributed by atoms with van der Waals surface area (Å²) < 4.78 is 13.3. The number of benzene rings is 1. The number of carboxylic acid groups (broad SMARTS) is 1. The number of hydrogen-bond donors (Lipinski definition) is 2. The van der Waals surface area contributed by atoms with E-state index in [0.717, 1.165) is 0 Å². The van der Waals surface area contributed by atoms with Crippen LogP contribution in [-0.2, 0) is 4.79 Å². The predicted molar refractivity (Wildman–Crippen MR) is 82.5 cm³/mol. The Morgan fingerprint density at radius 2 is 1.91 bits per heavy atom. The monoisotopic (exact) mass is 316 g/mol. The van der Waals surface area contributed by atoms with Gasteiger partial charge in [-0.25, -0.2) is 4.39 Å². The fourth-order valence-electron chi connectivity index (χ4n) is 2.98. The minimum atomic E-state index is -0.768. The summed E-state index contributed by atoms with van der Waals surface area (Å²) >= 11 is 0. The van der Waals surface area contributed by atoms with Crippen LogP contribution in [0, 0.1) is 11.7 Å². The molecule has 0 radical (unpaired) electrons. The van der Waals surface area contributed by atoms with Gasteiger partial charge in [0.25, 0.3) is 5.91 Å². The highest BCUT2D eigenvalue weighted by Gasteiger charge is 2.26. The topological polar surface area (TPSA) is 79.3 Å². The molecule has 1 aliphatic rings. The summed E-state index contributed by atoms with van der Waals surface area (Å²) in [5, 5.41) is 12.5. The summed E-state index contributed by atoms with van der Waals surface area (Å²) in [5.74, 6) is -1.71. The Labute approximate surface area is 132 Å². The lowest BCUT2D eigenvalue weighted by atomic mass is 9.86. The molecule has 5 nitrogen and oxygen atoms in total. The fourth-order valence-corrected chi connectivity index (χ4v) is 2.98. The maximum Gasteiger partial charge on any atom is 0.306 e. The highest BCUT2D eigenvalue weighted by molar-refractivity contribution is 5.97. The number of carboxylic acids is 1. The van der Waals surface area contributed by atoms with Gasteiger partial charge in [-0.1, -0.05) is 0 Å². The van der Waals surface area contributed by atoms with E-state index in [1.807, 2.05) is 0 Å². The molecule has 120 valence electrons. The van der Waals surface area contributed by atoms with Crippen molar-refractivity contribution < 1.29 is 19.1 Å². The van der Waals surface area contributed by atoms with Crippen molar-refractivity contribution in [3.8, 4) is 0 Å². The number of carbonyl (C=O) groups excluding carboxylic acids is 1. The highest BCUT2D eigenvalue weighted by atomic mass is 19.1. The van der Waals surface area contributed by atoms with Gasteiger partial charge in [-0.2, -0.15) is 0 Å². The number of aliphatic carboxylic acids is 1. The molecule has 0 spiro atoms. The van der Waals surface area contributed by atoms with Crippen LogP contribution < -0.4 is 5.32 Å². The standard InChI is InChI=1S/C17H17FN2O3/c18-13-3-6-15-11(8-13)7-12(9-19-15)16(21)20-14-4-1-10(2-5-14)17(22)23/h3,6-10,14H,1-2,4-5H2,(H,20,21)(H,22,23). The number of halogens is 1. The first-order valence-electron chi connectivity index (χ1n) is 7.62. The number of hydrogen-bond acceptors (Lipinski definition) is 3. The number of pyridine rings is 1. The Bertz CT molecular complexity index is 755. The van der Waals surface area contributed by atoms with Crippen molar-refractivity contribution in [2.45, 2.75) is 31.7 Å². The maximum atomic E-state index is 13.3. The third-order valence-corrected chi connectivity index (χ3v) is 4.32. The van der Waals surface area contributed by atoms with Gasteiger partial charge in [-0.05, 0) is 49.9 Å². The highest BCUT2D eigenvalue weighted by Crippen LogP contribution is 2.24. The van der Waals surface area contributed by atoms with Crippen molar-refractivity contribution in [1.29, 1.82) is 0 Å². The molecular formula is C17H17FN2O3. The molecule has 0 unspecified atom stereocenters. The summed E-state index contributed by atoms with van der Waals surface area (Å²) in [4.78, 5) is 27.4. The lowest BCUT2D eigenvalue weighted by molar-refractivity contribution is -0.142. The quantitative estimate of drug-likeness (QED) is 0.912. The smallest absolute Gasteiger partial charge is 0.306 e. The number of rotatable bonds is 3. The van der Waals surface area contributed by atoms with E-state index < -0.39 is 5.97 Å². The summed E-state index contributed by atoms with van der Waals surface area (Å²) in [6.07, 6.45) is 3.91. The van der Waals surface area contributed by atoms with Gasteiger partial charge in [-0.3, -0.25) is 14.6 Å². The molecule has 0 atom stereocenters. The van der Waals surface area contributed by atoms with Crippen molar-refractivity contribution in [2.24, 2.45) is 5.92 Å². The van der Waals surface area contributed by atoms with E-state index in [4.69, 9.17) is 5.11 Å². The van der Waals surface area contributed by atoms with Crippen LogP contribution in [0.2, 0.25) is 0 Å². The molecule has 3 rings (SSSR count). The first-order chi connectivity index (χ1) is 11.0. The molecule has 1 aliphatic carbocycles. The molecule has 2 N–H and O–H groups in total. The van der Waals surface area contributed by atoms with Crippen LogP contribution >= 0.6 is 0 Å². The number of fused-ring (bicyclic) bond motifs is 1. The summed E-state index contributed by atoms with van der Waals surface area (Å²) in [6, 6.07) is 5.83. The van der Waals surface area contributed by atoms with Crippen molar-refractivity contribution in [2.75, 3.05) is 0 Å². The molecular weight excluding hydrogens is 299 g/mol. The Balaban J connectivity index is 1.68. The van der Waals surface area contributed by atoms with Crippen LogP contribution in [0.4, 0.5) is 4.39 Å². The van der Waals surface area contributed by atoms with E-state index >= 15 is 0 Å². The van der Waals surface area contributed by atoms with Gasteiger partial charge >= 0.3 is 5.97 Å². The average molecular weight is 316 g/mol. The molecule has 23 heavy (non-hydrogen) atoms. The first-order valence-corrected chi connectivity index (χ1v) is 7.62. The molecule has 0 bridgehead atoms. The average Bonchev–Trinajstić information content (AvgIpc) is 2.54. The largest absolute Gasteiger partial charge is 0.481 e. The minimum Gasteiger partial charge on any atom is -0.481 e. The zero-order valence-electron chi connectivity index (χ0n) is 12.5. The molecule has 1 saturated carbocycles. The van der Waals surface area contributed by atoms with Gasteiger partial charge in [0.1, 0.15) is 5.82 Å². The van der Waals surface area contributed by atoms with Crippen LogP contribution in [0.5, 0.6) is 0 Å². The molecule has 1 heterocycles. The first kappa shape index (κ1) is 15.4. The van der Waals surface area contributed by atoms with E-state index in [1.165, 1.54) is 18.3 Å². The normalized spacial score (nSPS) is 21.1. The SMILES string of the molecule is O=C(NC1CCC(C(=O)O)CC1)c1cnc2ccc(F)cc2c1. The van der Waals surface area contributed by atoms with E-state index in [-0.39, 0.29) is 23.7 Å². The number of nitrogens with one attached hydrogen (secondary N) is 1. The molecule has 6 heteroatoms. The van der Waals surface area contributed by atoms with Gasteiger partial charge < -0.3 is 10.4 Å². The second-order valence-corrected chi connectivity index (χ2v) is 5.92. The van der Waals surface area contributed by atoms with Crippen LogP contribution in [0.3, 0.4) is 0 Å². The second-order valence-electron chi connectivity index (χ2n) is 5.92. The number of carbonyl (C=O) groups is 2.